The number of pyridine rings is 1. The molecule has 12 heavy (non-hydrogen) atoms. The van der Waals surface area contributed by atoms with Crippen LogP contribution in [0.15, 0.2) is 23.7 Å². The number of rotatable bonds is 1. The van der Waals surface area contributed by atoms with Gasteiger partial charge in [-0.25, -0.2) is 4.98 Å². The second-order valence-corrected chi connectivity index (χ2v) is 2.84. The molecular weight excluding hydrogens is 172 g/mol. The molecule has 0 radical (unpaired) electrons. The maximum Gasteiger partial charge on any atom is 0.132 e. The molecule has 0 spiro atoms. The van der Waals surface area contributed by atoms with Crippen LogP contribution in [-0.2, 0) is 0 Å². The number of aromatic nitrogens is 3. The molecule has 0 aromatic carbocycles. The zero-order chi connectivity index (χ0) is 8.39. The molecule has 2 aromatic rings. The van der Waals surface area contributed by atoms with E-state index in [1.807, 2.05) is 17.5 Å². The molecule has 5 heteroatoms. The van der Waals surface area contributed by atoms with Crippen molar-refractivity contribution in [2.45, 2.75) is 0 Å². The maximum atomic E-state index is 5.64. The van der Waals surface area contributed by atoms with Gasteiger partial charge in [0.25, 0.3) is 0 Å². The summed E-state index contributed by atoms with van der Waals surface area (Å²) in [5, 5.41) is 5.74. The van der Waals surface area contributed by atoms with E-state index in [0.29, 0.717) is 5.82 Å². The summed E-state index contributed by atoms with van der Waals surface area (Å²) in [5.74, 6) is 0.491. The number of nitrogen functional groups attached to an aromatic ring is 1. The largest absolute Gasteiger partial charge is 0.383 e. The first-order chi connectivity index (χ1) is 5.88. The molecule has 0 atom stereocenters. The van der Waals surface area contributed by atoms with Crippen molar-refractivity contribution in [1.82, 2.24) is 14.6 Å². The quantitative estimate of drug-likeness (QED) is 0.712. The highest BCUT2D eigenvalue weighted by atomic mass is 32.1. The van der Waals surface area contributed by atoms with E-state index in [-0.39, 0.29) is 0 Å². The van der Waals surface area contributed by atoms with Crippen LogP contribution in [0.5, 0.6) is 0 Å². The van der Waals surface area contributed by atoms with E-state index in [1.54, 1.807) is 6.20 Å². The molecule has 0 fully saturated rings. The molecule has 0 aliphatic heterocycles. The molecular formula is C7H6N4S. The van der Waals surface area contributed by atoms with Crippen molar-refractivity contribution >= 4 is 17.4 Å². The average molecular weight is 178 g/mol. The first kappa shape index (κ1) is 7.17. The van der Waals surface area contributed by atoms with E-state index < -0.39 is 0 Å². The topological polar surface area (TPSA) is 64.7 Å². The van der Waals surface area contributed by atoms with Gasteiger partial charge in [0, 0.05) is 17.1 Å². The zero-order valence-electron chi connectivity index (χ0n) is 6.14. The summed E-state index contributed by atoms with van der Waals surface area (Å²) in [6.45, 7) is 0. The fraction of sp³-hybridized carbons (Fsp3) is 0. The smallest absolute Gasteiger partial charge is 0.132 e. The van der Waals surface area contributed by atoms with E-state index in [9.17, 15) is 0 Å². The molecule has 2 aromatic heterocycles. The van der Waals surface area contributed by atoms with Gasteiger partial charge in [0.05, 0.1) is 0 Å². The van der Waals surface area contributed by atoms with Crippen LogP contribution in [0.4, 0.5) is 5.82 Å². The molecule has 0 saturated heterocycles. The zero-order valence-corrected chi connectivity index (χ0v) is 6.95. The summed E-state index contributed by atoms with van der Waals surface area (Å²) in [5.41, 5.74) is 7.26. The van der Waals surface area contributed by atoms with Crippen LogP contribution >= 0.6 is 11.5 Å². The number of anilines is 1. The van der Waals surface area contributed by atoms with Crippen LogP contribution in [0.1, 0.15) is 0 Å². The van der Waals surface area contributed by atoms with E-state index >= 15 is 0 Å². The Hall–Kier alpha value is -1.49. The Morgan fingerprint density at radius 2 is 2.33 bits per heavy atom. The summed E-state index contributed by atoms with van der Waals surface area (Å²) in [6.07, 6.45) is 1.65. The van der Waals surface area contributed by atoms with Crippen molar-refractivity contribution < 1.29 is 0 Å². The van der Waals surface area contributed by atoms with Crippen molar-refractivity contribution in [2.75, 3.05) is 5.73 Å². The highest BCUT2D eigenvalue weighted by Crippen LogP contribution is 2.21. The van der Waals surface area contributed by atoms with Crippen molar-refractivity contribution in [3.8, 4) is 11.3 Å². The Kier molecular flexibility index (Phi) is 1.71. The van der Waals surface area contributed by atoms with Gasteiger partial charge in [0.15, 0.2) is 0 Å². The number of nitrogens with two attached hydrogens (primary N) is 1. The minimum atomic E-state index is 0.491. The number of hydrogen-bond acceptors (Lipinski definition) is 5. The standard InChI is InChI=1S/C7H6N4S/c8-7-5(2-1-3-9-7)6-4-12-11-10-6/h1-4H,(H2,8,9). The molecule has 2 heterocycles. The van der Waals surface area contributed by atoms with Gasteiger partial charge in [-0.15, -0.1) is 5.10 Å². The fourth-order valence-electron chi connectivity index (χ4n) is 0.916. The minimum Gasteiger partial charge on any atom is -0.383 e. The molecule has 60 valence electrons. The molecule has 2 N–H and O–H groups in total. The summed E-state index contributed by atoms with van der Waals surface area (Å²) in [4.78, 5) is 3.95. The van der Waals surface area contributed by atoms with Crippen molar-refractivity contribution in [2.24, 2.45) is 0 Å². The van der Waals surface area contributed by atoms with Gasteiger partial charge < -0.3 is 5.73 Å². The number of hydrogen-bond donors (Lipinski definition) is 1. The first-order valence-corrected chi connectivity index (χ1v) is 4.19. The van der Waals surface area contributed by atoms with Gasteiger partial charge in [-0.3, -0.25) is 0 Å². The van der Waals surface area contributed by atoms with Crippen LogP contribution in [0, 0.1) is 0 Å². The lowest BCUT2D eigenvalue weighted by Gasteiger charge is -1.97. The SMILES string of the molecule is Nc1ncccc1-c1csnn1. The monoisotopic (exact) mass is 178 g/mol. The van der Waals surface area contributed by atoms with E-state index in [1.165, 1.54) is 11.5 Å². The van der Waals surface area contributed by atoms with E-state index in [0.717, 1.165) is 11.3 Å². The van der Waals surface area contributed by atoms with Crippen molar-refractivity contribution in [3.05, 3.63) is 23.7 Å². The lowest BCUT2D eigenvalue weighted by Crippen LogP contribution is -1.92. The summed E-state index contributed by atoms with van der Waals surface area (Å²) < 4.78 is 3.75. The van der Waals surface area contributed by atoms with Crippen LogP contribution in [0.25, 0.3) is 11.3 Å². The Labute approximate surface area is 73.2 Å². The van der Waals surface area contributed by atoms with Crippen molar-refractivity contribution in [1.29, 1.82) is 0 Å². The Bertz CT molecular complexity index is 371. The third kappa shape index (κ3) is 1.14. The third-order valence-electron chi connectivity index (χ3n) is 1.47. The molecule has 0 amide bonds. The highest BCUT2D eigenvalue weighted by molar-refractivity contribution is 7.03. The first-order valence-electron chi connectivity index (χ1n) is 3.36. The predicted octanol–water partition coefficient (Wildman–Crippen LogP) is 1.18. The maximum absolute atomic E-state index is 5.64. The van der Waals surface area contributed by atoms with Gasteiger partial charge in [-0.1, -0.05) is 4.49 Å². The Morgan fingerprint density at radius 1 is 1.42 bits per heavy atom. The summed E-state index contributed by atoms with van der Waals surface area (Å²) in [6, 6.07) is 3.70. The summed E-state index contributed by atoms with van der Waals surface area (Å²) >= 11 is 1.30. The fourth-order valence-corrected chi connectivity index (χ4v) is 1.37. The molecule has 0 aliphatic rings. The van der Waals surface area contributed by atoms with Gasteiger partial charge in [-0.05, 0) is 23.7 Å². The minimum absolute atomic E-state index is 0.491. The predicted molar refractivity (Wildman–Crippen MR) is 47.6 cm³/mol. The van der Waals surface area contributed by atoms with E-state index in [2.05, 4.69) is 14.6 Å². The molecule has 0 unspecified atom stereocenters. The molecule has 4 nitrogen and oxygen atoms in total. The lowest BCUT2D eigenvalue weighted by atomic mass is 10.2. The van der Waals surface area contributed by atoms with Crippen LogP contribution in [0.3, 0.4) is 0 Å². The number of nitrogens with zero attached hydrogens (tertiary/aromatic N) is 3. The second kappa shape index (κ2) is 2.86. The van der Waals surface area contributed by atoms with Gasteiger partial charge in [0.1, 0.15) is 11.5 Å². The molecule has 2 rings (SSSR count). The Balaban J connectivity index is 2.55. The van der Waals surface area contributed by atoms with E-state index in [4.69, 9.17) is 5.73 Å². The molecule has 0 saturated carbocycles. The van der Waals surface area contributed by atoms with Gasteiger partial charge in [-0.2, -0.15) is 0 Å². The highest BCUT2D eigenvalue weighted by Gasteiger charge is 2.04. The van der Waals surface area contributed by atoms with Crippen LogP contribution < -0.4 is 5.73 Å². The second-order valence-electron chi connectivity index (χ2n) is 2.23. The third-order valence-corrected chi connectivity index (χ3v) is 1.98. The molecule has 0 aliphatic carbocycles. The van der Waals surface area contributed by atoms with Crippen LogP contribution in [0.2, 0.25) is 0 Å². The van der Waals surface area contributed by atoms with Gasteiger partial charge >= 0.3 is 0 Å². The normalized spacial score (nSPS) is 10.0. The van der Waals surface area contributed by atoms with Crippen LogP contribution in [-0.4, -0.2) is 14.6 Å². The molecule has 0 bridgehead atoms. The summed E-state index contributed by atoms with van der Waals surface area (Å²) in [7, 11) is 0. The van der Waals surface area contributed by atoms with Gasteiger partial charge in [0.2, 0.25) is 0 Å². The van der Waals surface area contributed by atoms with Crippen molar-refractivity contribution in [3.63, 3.8) is 0 Å². The lowest BCUT2D eigenvalue weighted by molar-refractivity contribution is 1.16. The average Bonchev–Trinajstić information content (AvgIpc) is 2.57. The Morgan fingerprint density at radius 3 is 3.00 bits per heavy atom.